The predicted octanol–water partition coefficient (Wildman–Crippen LogP) is 1.86. The van der Waals surface area contributed by atoms with Crippen molar-refractivity contribution in [3.8, 4) is 6.07 Å². The fourth-order valence-corrected chi connectivity index (χ4v) is 2.24. The van der Waals surface area contributed by atoms with Crippen LogP contribution in [0.3, 0.4) is 0 Å². The topological polar surface area (TPSA) is 57.9 Å². The number of hydrogen-bond acceptors (Lipinski definition) is 4. The van der Waals surface area contributed by atoms with Crippen LogP contribution in [0.5, 0.6) is 0 Å². The molecule has 1 atom stereocenters. The first-order valence-electron chi connectivity index (χ1n) is 6.52. The van der Waals surface area contributed by atoms with Crippen LogP contribution in [-0.2, 0) is 11.3 Å². The lowest BCUT2D eigenvalue weighted by Crippen LogP contribution is -2.30. The van der Waals surface area contributed by atoms with Gasteiger partial charge in [0, 0.05) is 12.8 Å². The van der Waals surface area contributed by atoms with Crippen LogP contribution in [0.4, 0.5) is 0 Å². The first-order chi connectivity index (χ1) is 8.88. The number of hydrogen-bond donors (Lipinski definition) is 1. The Hall–Kier alpha value is -1.44. The van der Waals surface area contributed by atoms with E-state index in [0.29, 0.717) is 12.3 Å². The van der Waals surface area contributed by atoms with Crippen molar-refractivity contribution in [3.63, 3.8) is 0 Å². The molecule has 0 bridgehead atoms. The molecule has 0 spiro atoms. The van der Waals surface area contributed by atoms with Crippen molar-refractivity contribution in [1.82, 2.24) is 10.3 Å². The molecule has 1 fully saturated rings. The van der Waals surface area contributed by atoms with Crippen molar-refractivity contribution in [2.45, 2.75) is 25.9 Å². The van der Waals surface area contributed by atoms with Gasteiger partial charge < -0.3 is 10.1 Å². The number of nitrogens with zero attached hydrogens (tertiary/aromatic N) is 2. The van der Waals surface area contributed by atoms with Crippen molar-refractivity contribution < 1.29 is 4.74 Å². The molecule has 1 aromatic rings. The Balaban J connectivity index is 1.67. The SMILES string of the molecule is N#Cc1cc(COCCC2CCCNC2)ccn1. The van der Waals surface area contributed by atoms with E-state index in [2.05, 4.69) is 10.3 Å². The molecule has 0 radical (unpaired) electrons. The van der Waals surface area contributed by atoms with Crippen molar-refractivity contribution in [3.05, 3.63) is 29.6 Å². The third-order valence-corrected chi connectivity index (χ3v) is 3.28. The van der Waals surface area contributed by atoms with E-state index in [9.17, 15) is 0 Å². The van der Waals surface area contributed by atoms with Crippen LogP contribution < -0.4 is 5.32 Å². The van der Waals surface area contributed by atoms with E-state index < -0.39 is 0 Å². The molecule has 1 saturated heterocycles. The van der Waals surface area contributed by atoms with Gasteiger partial charge in [-0.3, -0.25) is 0 Å². The molecule has 4 nitrogen and oxygen atoms in total. The van der Waals surface area contributed by atoms with E-state index in [-0.39, 0.29) is 0 Å². The van der Waals surface area contributed by atoms with Gasteiger partial charge in [-0.2, -0.15) is 5.26 Å². The minimum atomic E-state index is 0.451. The Morgan fingerprint density at radius 1 is 1.56 bits per heavy atom. The quantitative estimate of drug-likeness (QED) is 0.804. The number of ether oxygens (including phenoxy) is 1. The minimum absolute atomic E-state index is 0.451. The van der Waals surface area contributed by atoms with Gasteiger partial charge in [0.25, 0.3) is 0 Å². The summed E-state index contributed by atoms with van der Waals surface area (Å²) in [5, 5.41) is 12.2. The summed E-state index contributed by atoms with van der Waals surface area (Å²) in [5.41, 5.74) is 1.47. The lowest BCUT2D eigenvalue weighted by molar-refractivity contribution is 0.103. The normalized spacial score (nSPS) is 19.4. The molecule has 4 heteroatoms. The minimum Gasteiger partial charge on any atom is -0.377 e. The molecule has 18 heavy (non-hydrogen) atoms. The van der Waals surface area contributed by atoms with Crippen LogP contribution in [-0.4, -0.2) is 24.7 Å². The molecule has 2 rings (SSSR count). The molecule has 1 N–H and O–H groups in total. The van der Waals surface area contributed by atoms with E-state index >= 15 is 0 Å². The van der Waals surface area contributed by atoms with Crippen LogP contribution in [0.25, 0.3) is 0 Å². The van der Waals surface area contributed by atoms with E-state index in [1.807, 2.05) is 12.1 Å². The highest BCUT2D eigenvalue weighted by Gasteiger charge is 2.12. The van der Waals surface area contributed by atoms with Crippen LogP contribution in [0.2, 0.25) is 0 Å². The predicted molar refractivity (Wildman–Crippen MR) is 68.8 cm³/mol. The molecule has 0 saturated carbocycles. The maximum atomic E-state index is 8.74. The first kappa shape index (κ1) is 13.0. The molecule has 2 heterocycles. The van der Waals surface area contributed by atoms with Gasteiger partial charge in [0.05, 0.1) is 6.61 Å². The molecular formula is C14H19N3O. The van der Waals surface area contributed by atoms with E-state index in [1.165, 1.54) is 12.8 Å². The number of pyridine rings is 1. The Morgan fingerprint density at radius 2 is 2.50 bits per heavy atom. The number of nitrogens with one attached hydrogen (secondary N) is 1. The van der Waals surface area contributed by atoms with E-state index in [0.717, 1.165) is 37.6 Å². The molecule has 1 aliphatic heterocycles. The summed E-state index contributed by atoms with van der Waals surface area (Å²) >= 11 is 0. The van der Waals surface area contributed by atoms with E-state index in [4.69, 9.17) is 10.00 Å². The Morgan fingerprint density at radius 3 is 3.28 bits per heavy atom. The van der Waals surface area contributed by atoms with Gasteiger partial charge in [-0.05, 0) is 56.0 Å². The van der Waals surface area contributed by atoms with Gasteiger partial charge in [0.2, 0.25) is 0 Å². The number of aromatic nitrogens is 1. The maximum absolute atomic E-state index is 8.74. The first-order valence-corrected chi connectivity index (χ1v) is 6.52. The highest BCUT2D eigenvalue weighted by Crippen LogP contribution is 2.14. The van der Waals surface area contributed by atoms with Crippen molar-refractivity contribution in [1.29, 1.82) is 5.26 Å². The third kappa shape index (κ3) is 4.10. The summed E-state index contributed by atoms with van der Waals surface area (Å²) in [7, 11) is 0. The summed E-state index contributed by atoms with van der Waals surface area (Å²) in [6, 6.07) is 5.71. The fourth-order valence-electron chi connectivity index (χ4n) is 2.24. The molecular weight excluding hydrogens is 226 g/mol. The Labute approximate surface area is 108 Å². The van der Waals surface area contributed by atoms with Gasteiger partial charge in [-0.1, -0.05) is 0 Å². The van der Waals surface area contributed by atoms with Gasteiger partial charge in [-0.15, -0.1) is 0 Å². The van der Waals surface area contributed by atoms with Crippen LogP contribution in [0, 0.1) is 17.2 Å². The molecule has 0 aliphatic carbocycles. The molecule has 0 aromatic carbocycles. The molecule has 96 valence electrons. The van der Waals surface area contributed by atoms with Gasteiger partial charge in [-0.25, -0.2) is 4.98 Å². The molecule has 1 unspecified atom stereocenters. The van der Waals surface area contributed by atoms with Gasteiger partial charge in [0.1, 0.15) is 11.8 Å². The summed E-state index contributed by atoms with van der Waals surface area (Å²) in [4.78, 5) is 3.93. The molecule has 1 aliphatic rings. The van der Waals surface area contributed by atoms with Gasteiger partial charge in [0.15, 0.2) is 0 Å². The largest absolute Gasteiger partial charge is 0.377 e. The molecule has 0 amide bonds. The second kappa shape index (κ2) is 7.10. The highest BCUT2D eigenvalue weighted by atomic mass is 16.5. The maximum Gasteiger partial charge on any atom is 0.140 e. The van der Waals surface area contributed by atoms with Crippen LogP contribution in [0.1, 0.15) is 30.5 Å². The van der Waals surface area contributed by atoms with Crippen LogP contribution >= 0.6 is 0 Å². The lowest BCUT2D eigenvalue weighted by atomic mass is 9.97. The zero-order valence-corrected chi connectivity index (χ0v) is 10.6. The van der Waals surface area contributed by atoms with E-state index in [1.54, 1.807) is 12.3 Å². The van der Waals surface area contributed by atoms with Crippen LogP contribution in [0.15, 0.2) is 18.3 Å². The standard InChI is InChI=1S/C14H19N3O/c15-9-14-8-13(3-6-17-14)11-18-7-4-12-2-1-5-16-10-12/h3,6,8,12,16H,1-2,4-5,7,10-11H2. The zero-order valence-electron chi connectivity index (χ0n) is 10.6. The number of piperidine rings is 1. The van der Waals surface area contributed by atoms with Gasteiger partial charge >= 0.3 is 0 Å². The average molecular weight is 245 g/mol. The second-order valence-electron chi connectivity index (χ2n) is 4.71. The fraction of sp³-hybridized carbons (Fsp3) is 0.571. The lowest BCUT2D eigenvalue weighted by Gasteiger charge is -2.22. The summed E-state index contributed by atoms with van der Waals surface area (Å²) in [5.74, 6) is 0.755. The smallest absolute Gasteiger partial charge is 0.140 e. The molecule has 1 aromatic heterocycles. The third-order valence-electron chi connectivity index (χ3n) is 3.28. The Bertz CT molecular complexity index is 408. The summed E-state index contributed by atoms with van der Waals surface area (Å²) < 4.78 is 5.66. The van der Waals surface area contributed by atoms with Crippen molar-refractivity contribution in [2.75, 3.05) is 19.7 Å². The Kier molecular flexibility index (Phi) is 5.13. The summed E-state index contributed by atoms with van der Waals surface area (Å²) in [6.07, 6.45) is 5.36. The summed E-state index contributed by atoms with van der Waals surface area (Å²) in [6.45, 7) is 3.64. The number of rotatable bonds is 5. The van der Waals surface area contributed by atoms with Crippen molar-refractivity contribution >= 4 is 0 Å². The highest BCUT2D eigenvalue weighted by molar-refractivity contribution is 5.24. The zero-order chi connectivity index (χ0) is 12.6. The number of nitriles is 1. The monoisotopic (exact) mass is 245 g/mol. The second-order valence-corrected chi connectivity index (χ2v) is 4.71. The van der Waals surface area contributed by atoms with Crippen molar-refractivity contribution in [2.24, 2.45) is 5.92 Å². The average Bonchev–Trinajstić information content (AvgIpc) is 2.45.